The molecule has 5 heteroatoms. The smallest absolute Gasteiger partial charge is 0.138 e. The van der Waals surface area contributed by atoms with Gasteiger partial charge in [-0.25, -0.2) is 0 Å². The average Bonchev–Trinajstić information content (AvgIpc) is 2.52. The summed E-state index contributed by atoms with van der Waals surface area (Å²) in [6.45, 7) is 1.96. The van der Waals surface area contributed by atoms with Crippen molar-refractivity contribution >= 4 is 0 Å². The van der Waals surface area contributed by atoms with Crippen LogP contribution in [0.2, 0.25) is 0 Å². The van der Waals surface area contributed by atoms with Crippen LogP contribution in [0.1, 0.15) is 18.4 Å². The lowest BCUT2D eigenvalue weighted by Crippen LogP contribution is -2.46. The van der Waals surface area contributed by atoms with Gasteiger partial charge in [-0.3, -0.25) is 9.97 Å². The van der Waals surface area contributed by atoms with Crippen molar-refractivity contribution < 1.29 is 9.84 Å². The van der Waals surface area contributed by atoms with Crippen molar-refractivity contribution in [2.24, 2.45) is 0 Å². The minimum absolute atomic E-state index is 0.206. The van der Waals surface area contributed by atoms with E-state index in [4.69, 9.17) is 9.84 Å². The maximum absolute atomic E-state index is 8.93. The number of aliphatic hydroxyl groups excluding tert-OH is 1. The minimum Gasteiger partial charge on any atom is -0.490 e. The van der Waals surface area contributed by atoms with E-state index in [-0.39, 0.29) is 6.61 Å². The van der Waals surface area contributed by atoms with Crippen molar-refractivity contribution in [3.63, 3.8) is 0 Å². The number of ether oxygens (including phenoxy) is 1. The molecule has 22 heavy (non-hydrogen) atoms. The monoisotopic (exact) mass is 299 g/mol. The molecule has 1 aliphatic rings. The molecule has 0 saturated carbocycles. The Hall–Kier alpha value is -1.98. The number of rotatable bonds is 7. The van der Waals surface area contributed by atoms with Gasteiger partial charge in [-0.2, -0.15) is 0 Å². The van der Waals surface area contributed by atoms with E-state index in [0.717, 1.165) is 36.4 Å². The molecule has 0 radical (unpaired) electrons. The molecule has 0 unspecified atom stereocenters. The van der Waals surface area contributed by atoms with Gasteiger partial charge in [0, 0.05) is 30.6 Å². The van der Waals surface area contributed by atoms with E-state index < -0.39 is 0 Å². The predicted molar refractivity (Wildman–Crippen MR) is 84.8 cm³/mol. The van der Waals surface area contributed by atoms with Crippen molar-refractivity contribution in [1.82, 2.24) is 15.3 Å². The zero-order valence-electron chi connectivity index (χ0n) is 12.5. The van der Waals surface area contributed by atoms with E-state index in [0.29, 0.717) is 12.6 Å². The van der Waals surface area contributed by atoms with Crippen LogP contribution in [0.25, 0.3) is 11.3 Å². The maximum Gasteiger partial charge on any atom is 0.138 e. The van der Waals surface area contributed by atoms with Gasteiger partial charge in [-0.05, 0) is 49.6 Å². The quantitative estimate of drug-likeness (QED) is 0.816. The first-order valence-corrected chi connectivity index (χ1v) is 7.72. The summed E-state index contributed by atoms with van der Waals surface area (Å²) >= 11 is 0. The average molecular weight is 299 g/mol. The van der Waals surface area contributed by atoms with E-state index in [1.165, 1.54) is 12.0 Å². The second kappa shape index (κ2) is 7.33. The number of pyridine rings is 2. The predicted octanol–water partition coefficient (Wildman–Crippen LogP) is 1.81. The highest BCUT2D eigenvalue weighted by Gasteiger charge is 2.16. The second-order valence-corrected chi connectivity index (χ2v) is 5.54. The maximum atomic E-state index is 8.93. The van der Waals surface area contributed by atoms with Crippen molar-refractivity contribution in [3.05, 3.63) is 42.4 Å². The van der Waals surface area contributed by atoms with Crippen LogP contribution in [0.4, 0.5) is 0 Å². The molecule has 5 nitrogen and oxygen atoms in total. The molecule has 0 aliphatic carbocycles. The lowest BCUT2D eigenvalue weighted by Gasteiger charge is -2.27. The summed E-state index contributed by atoms with van der Waals surface area (Å²) in [5.74, 6) is 0.772. The van der Waals surface area contributed by atoms with Gasteiger partial charge in [-0.15, -0.1) is 0 Å². The largest absolute Gasteiger partial charge is 0.490 e. The number of nitrogens with one attached hydrogen (secondary N) is 1. The SMILES string of the molecule is OCCCc1ccnc(-c2cncc(OC[C@@H]3CCN3)c2)c1. The van der Waals surface area contributed by atoms with Gasteiger partial charge in [0.15, 0.2) is 0 Å². The van der Waals surface area contributed by atoms with Crippen LogP contribution in [0.3, 0.4) is 0 Å². The molecule has 2 aromatic rings. The van der Waals surface area contributed by atoms with Gasteiger partial charge >= 0.3 is 0 Å². The van der Waals surface area contributed by atoms with E-state index in [2.05, 4.69) is 15.3 Å². The summed E-state index contributed by atoms with van der Waals surface area (Å²) in [4.78, 5) is 8.66. The zero-order valence-corrected chi connectivity index (χ0v) is 12.5. The normalized spacial score (nSPS) is 17.0. The summed E-state index contributed by atoms with van der Waals surface area (Å²) in [5.41, 5.74) is 3.00. The summed E-state index contributed by atoms with van der Waals surface area (Å²) in [6.07, 6.45) is 8.11. The number of aryl methyl sites for hydroxylation is 1. The molecule has 0 aromatic carbocycles. The molecule has 3 rings (SSSR count). The van der Waals surface area contributed by atoms with E-state index in [1.54, 1.807) is 18.6 Å². The first-order valence-electron chi connectivity index (χ1n) is 7.72. The lowest BCUT2D eigenvalue weighted by atomic mass is 10.1. The fourth-order valence-electron chi connectivity index (χ4n) is 2.40. The third kappa shape index (κ3) is 3.81. The topological polar surface area (TPSA) is 67.3 Å². The van der Waals surface area contributed by atoms with E-state index >= 15 is 0 Å². The zero-order chi connectivity index (χ0) is 15.2. The summed E-state index contributed by atoms with van der Waals surface area (Å²) in [6, 6.07) is 6.46. The molecule has 3 heterocycles. The molecule has 2 N–H and O–H groups in total. The van der Waals surface area contributed by atoms with Gasteiger partial charge in [0.05, 0.1) is 11.9 Å². The number of nitrogens with zero attached hydrogens (tertiary/aromatic N) is 2. The Balaban J connectivity index is 1.70. The van der Waals surface area contributed by atoms with Crippen LogP contribution in [0, 0.1) is 0 Å². The van der Waals surface area contributed by atoms with Crippen molar-refractivity contribution in [1.29, 1.82) is 0 Å². The van der Waals surface area contributed by atoms with Gasteiger partial charge in [-0.1, -0.05) is 0 Å². The fourth-order valence-corrected chi connectivity index (χ4v) is 2.40. The van der Waals surface area contributed by atoms with Crippen LogP contribution in [-0.4, -0.2) is 40.9 Å². The molecule has 0 bridgehead atoms. The molecule has 0 spiro atoms. The highest BCUT2D eigenvalue weighted by atomic mass is 16.5. The Labute approximate surface area is 130 Å². The van der Waals surface area contributed by atoms with Crippen LogP contribution in [0.5, 0.6) is 5.75 Å². The second-order valence-electron chi connectivity index (χ2n) is 5.54. The number of aromatic nitrogens is 2. The van der Waals surface area contributed by atoms with Gasteiger partial charge in [0.25, 0.3) is 0 Å². The van der Waals surface area contributed by atoms with E-state index in [9.17, 15) is 0 Å². The molecular formula is C17H21N3O2. The van der Waals surface area contributed by atoms with Crippen LogP contribution < -0.4 is 10.1 Å². The minimum atomic E-state index is 0.206. The first kappa shape index (κ1) is 14.9. The first-order chi connectivity index (χ1) is 10.8. The molecule has 1 aliphatic heterocycles. The van der Waals surface area contributed by atoms with Crippen molar-refractivity contribution in [2.45, 2.75) is 25.3 Å². The summed E-state index contributed by atoms with van der Waals surface area (Å²) in [7, 11) is 0. The van der Waals surface area contributed by atoms with Crippen LogP contribution in [-0.2, 0) is 6.42 Å². The van der Waals surface area contributed by atoms with Crippen LogP contribution >= 0.6 is 0 Å². The van der Waals surface area contributed by atoms with Gasteiger partial charge < -0.3 is 15.2 Å². The summed E-state index contributed by atoms with van der Waals surface area (Å²) < 4.78 is 5.78. The Morgan fingerprint density at radius 1 is 1.32 bits per heavy atom. The molecule has 2 aromatic heterocycles. The van der Waals surface area contributed by atoms with Crippen molar-refractivity contribution in [2.75, 3.05) is 19.8 Å². The van der Waals surface area contributed by atoms with Gasteiger partial charge in [0.1, 0.15) is 12.4 Å². The number of hydrogen-bond donors (Lipinski definition) is 2. The Morgan fingerprint density at radius 2 is 2.23 bits per heavy atom. The third-order valence-corrected chi connectivity index (χ3v) is 3.83. The third-order valence-electron chi connectivity index (χ3n) is 3.83. The molecule has 1 atom stereocenters. The fraction of sp³-hybridized carbons (Fsp3) is 0.412. The van der Waals surface area contributed by atoms with Crippen molar-refractivity contribution in [3.8, 4) is 17.0 Å². The Kier molecular flexibility index (Phi) is 4.98. The standard InChI is InChI=1S/C17H21N3O2/c21-7-1-2-13-3-5-20-17(8-13)14-9-16(11-18-10-14)22-12-15-4-6-19-15/h3,5,8-11,15,19,21H,1-2,4,6-7,12H2/t15-/m0/s1. The highest BCUT2D eigenvalue weighted by molar-refractivity contribution is 5.60. The number of hydrogen-bond acceptors (Lipinski definition) is 5. The number of aliphatic hydroxyl groups is 1. The molecular weight excluding hydrogens is 278 g/mol. The molecule has 1 saturated heterocycles. The Bertz CT molecular complexity index is 614. The molecule has 116 valence electrons. The molecule has 0 amide bonds. The highest BCUT2D eigenvalue weighted by Crippen LogP contribution is 2.22. The van der Waals surface area contributed by atoms with Crippen LogP contribution in [0.15, 0.2) is 36.8 Å². The summed E-state index contributed by atoms with van der Waals surface area (Å²) in [5, 5.41) is 12.2. The Morgan fingerprint density at radius 3 is 3.00 bits per heavy atom. The van der Waals surface area contributed by atoms with Gasteiger partial charge in [0.2, 0.25) is 0 Å². The van der Waals surface area contributed by atoms with E-state index in [1.807, 2.05) is 18.2 Å². The molecule has 1 fully saturated rings. The lowest BCUT2D eigenvalue weighted by molar-refractivity contribution is 0.217.